The summed E-state index contributed by atoms with van der Waals surface area (Å²) in [6.45, 7) is 1.43. The fourth-order valence-corrected chi connectivity index (χ4v) is 2.36. The average molecular weight is 327 g/mol. The van der Waals surface area contributed by atoms with Crippen molar-refractivity contribution in [3.05, 3.63) is 64.7 Å². The molecule has 0 radical (unpaired) electrons. The number of halogens is 1. The van der Waals surface area contributed by atoms with Crippen molar-refractivity contribution in [2.45, 2.75) is 13.5 Å². The number of nitrogens with one attached hydrogen (secondary N) is 2. The van der Waals surface area contributed by atoms with E-state index in [1.807, 2.05) is 0 Å². The Bertz CT molecular complexity index is 998. The van der Waals surface area contributed by atoms with Crippen LogP contribution in [0.2, 0.25) is 0 Å². The van der Waals surface area contributed by atoms with Crippen LogP contribution in [0, 0.1) is 18.2 Å². The minimum Gasteiger partial charge on any atom is -0.436 e. The Kier molecular flexibility index (Phi) is 4.09. The van der Waals surface area contributed by atoms with Gasteiger partial charge in [-0.15, -0.1) is 0 Å². The molecule has 0 saturated heterocycles. The third-order valence-corrected chi connectivity index (χ3v) is 3.57. The van der Waals surface area contributed by atoms with Crippen molar-refractivity contribution in [2.75, 3.05) is 5.32 Å². The second-order valence-electron chi connectivity index (χ2n) is 5.22. The molecule has 0 fully saturated rings. The number of benzene rings is 1. The lowest BCUT2D eigenvalue weighted by atomic mass is 10.1. The van der Waals surface area contributed by atoms with E-state index in [1.54, 1.807) is 6.92 Å². The number of aryl methyl sites for hydroxylation is 1. The van der Waals surface area contributed by atoms with Crippen molar-refractivity contribution in [1.82, 2.24) is 4.98 Å². The number of fused-ring (bicyclic) bond motifs is 1. The van der Waals surface area contributed by atoms with Gasteiger partial charge >= 0.3 is 0 Å². The molecule has 7 heteroatoms. The summed E-state index contributed by atoms with van der Waals surface area (Å²) in [4.78, 5) is 16.5. The van der Waals surface area contributed by atoms with Crippen molar-refractivity contribution in [3.8, 4) is 0 Å². The molecule has 0 unspecified atom stereocenters. The average Bonchev–Trinajstić information content (AvgIpc) is 2.55. The molecule has 3 N–H and O–H groups in total. The zero-order valence-electron chi connectivity index (χ0n) is 12.8. The molecule has 0 bridgehead atoms. The Hall–Kier alpha value is -3.06. The fraction of sp³-hybridized carbons (Fsp3) is 0.118. The minimum absolute atomic E-state index is 0.0212. The molecule has 2 heterocycles. The lowest BCUT2D eigenvalue weighted by Gasteiger charge is -2.09. The molecule has 0 aliphatic carbocycles. The van der Waals surface area contributed by atoms with Gasteiger partial charge in [-0.2, -0.15) is 0 Å². The number of aliphatic hydroxyl groups is 1. The van der Waals surface area contributed by atoms with E-state index in [4.69, 9.17) is 9.83 Å². The number of rotatable bonds is 3. The Morgan fingerprint density at radius 3 is 2.92 bits per heavy atom. The Morgan fingerprint density at radius 2 is 2.21 bits per heavy atom. The van der Waals surface area contributed by atoms with Gasteiger partial charge in [-0.1, -0.05) is 6.07 Å². The normalized spacial score (nSPS) is 10.8. The van der Waals surface area contributed by atoms with Gasteiger partial charge in [0.2, 0.25) is 5.55 Å². The van der Waals surface area contributed by atoms with Crippen LogP contribution in [0.4, 0.5) is 10.1 Å². The van der Waals surface area contributed by atoms with Crippen LogP contribution in [0.5, 0.6) is 0 Å². The summed E-state index contributed by atoms with van der Waals surface area (Å²) in [6.07, 6.45) is 1.49. The number of carbonyl (C=O) groups is 1. The summed E-state index contributed by atoms with van der Waals surface area (Å²) in [6, 6.07) is 6.91. The number of aromatic nitrogens is 1. The van der Waals surface area contributed by atoms with Crippen LogP contribution in [0.15, 0.2) is 40.9 Å². The molecule has 0 saturated carbocycles. The minimum atomic E-state index is -0.602. The molecule has 0 atom stereocenters. The third-order valence-electron chi connectivity index (χ3n) is 3.57. The maximum Gasteiger partial charge on any atom is 0.261 e. The highest BCUT2D eigenvalue weighted by Crippen LogP contribution is 2.21. The first-order chi connectivity index (χ1) is 11.5. The maximum absolute atomic E-state index is 13.2. The molecule has 6 nitrogen and oxygen atoms in total. The maximum atomic E-state index is 13.2. The second-order valence-corrected chi connectivity index (χ2v) is 5.22. The first-order valence-electron chi connectivity index (χ1n) is 7.14. The van der Waals surface area contributed by atoms with E-state index in [2.05, 4.69) is 10.3 Å². The molecule has 24 heavy (non-hydrogen) atoms. The number of hydrogen-bond acceptors (Lipinski definition) is 5. The van der Waals surface area contributed by atoms with Crippen LogP contribution in [-0.4, -0.2) is 16.0 Å². The fourth-order valence-electron chi connectivity index (χ4n) is 2.36. The molecule has 0 aliphatic rings. The predicted molar refractivity (Wildman–Crippen MR) is 84.9 cm³/mol. The highest BCUT2D eigenvalue weighted by molar-refractivity contribution is 6.05. The van der Waals surface area contributed by atoms with E-state index in [0.717, 1.165) is 0 Å². The van der Waals surface area contributed by atoms with Crippen molar-refractivity contribution in [1.29, 1.82) is 5.41 Å². The Labute approximate surface area is 136 Å². The number of anilines is 1. The highest BCUT2D eigenvalue weighted by Gasteiger charge is 2.15. The van der Waals surface area contributed by atoms with Gasteiger partial charge in [0, 0.05) is 22.8 Å². The van der Waals surface area contributed by atoms with Gasteiger partial charge in [0.05, 0.1) is 12.3 Å². The standard InChI is InChI=1S/C17H14FN3O3/c1-9-15-13(10(8-22)7-20-9)6-14(16(19)24-15)17(23)21-12-4-2-3-11(18)5-12/h2-7,19,22H,8H2,1H3,(H,21,23). The molecular formula is C17H14FN3O3. The third kappa shape index (κ3) is 2.89. The molecular weight excluding hydrogens is 313 g/mol. The van der Waals surface area contributed by atoms with Crippen LogP contribution < -0.4 is 10.9 Å². The lowest BCUT2D eigenvalue weighted by molar-refractivity contribution is 0.102. The highest BCUT2D eigenvalue weighted by atomic mass is 19.1. The molecule has 2 aromatic heterocycles. The zero-order valence-corrected chi connectivity index (χ0v) is 12.8. The van der Waals surface area contributed by atoms with Gasteiger partial charge in [-0.05, 0) is 31.2 Å². The largest absolute Gasteiger partial charge is 0.436 e. The molecule has 3 rings (SSSR count). The number of nitrogens with zero attached hydrogens (tertiary/aromatic N) is 1. The van der Waals surface area contributed by atoms with Gasteiger partial charge < -0.3 is 14.8 Å². The van der Waals surface area contributed by atoms with Crippen LogP contribution in [0.3, 0.4) is 0 Å². The SMILES string of the molecule is Cc1ncc(CO)c2cc(C(=O)Nc3cccc(F)c3)c(=N)oc12. The van der Waals surface area contributed by atoms with Crippen LogP contribution in [0.25, 0.3) is 11.0 Å². The Morgan fingerprint density at radius 1 is 1.42 bits per heavy atom. The summed E-state index contributed by atoms with van der Waals surface area (Å²) in [5, 5.41) is 20.4. The van der Waals surface area contributed by atoms with Crippen LogP contribution >= 0.6 is 0 Å². The second kappa shape index (κ2) is 6.21. The van der Waals surface area contributed by atoms with E-state index >= 15 is 0 Å². The first-order valence-corrected chi connectivity index (χ1v) is 7.14. The predicted octanol–water partition coefficient (Wildman–Crippen LogP) is 2.50. The van der Waals surface area contributed by atoms with Gasteiger partial charge in [-0.25, -0.2) is 4.39 Å². The number of amides is 1. The Balaban J connectivity index is 2.07. The van der Waals surface area contributed by atoms with E-state index in [9.17, 15) is 14.3 Å². The molecule has 3 aromatic rings. The smallest absolute Gasteiger partial charge is 0.261 e. The monoisotopic (exact) mass is 327 g/mol. The molecule has 0 spiro atoms. The molecule has 1 amide bonds. The van der Waals surface area contributed by atoms with Gasteiger partial charge in [0.25, 0.3) is 5.91 Å². The van der Waals surface area contributed by atoms with E-state index < -0.39 is 11.7 Å². The van der Waals surface area contributed by atoms with E-state index in [1.165, 1.54) is 36.5 Å². The number of hydrogen-bond donors (Lipinski definition) is 3. The molecule has 0 aliphatic heterocycles. The van der Waals surface area contributed by atoms with Gasteiger partial charge in [-0.3, -0.25) is 15.2 Å². The number of pyridine rings is 1. The zero-order chi connectivity index (χ0) is 17.3. The lowest BCUT2D eigenvalue weighted by Crippen LogP contribution is -2.21. The van der Waals surface area contributed by atoms with E-state index in [0.29, 0.717) is 22.2 Å². The molecule has 122 valence electrons. The number of aliphatic hydroxyl groups excluding tert-OH is 1. The summed E-state index contributed by atoms with van der Waals surface area (Å²) in [7, 11) is 0. The summed E-state index contributed by atoms with van der Waals surface area (Å²) < 4.78 is 18.6. The van der Waals surface area contributed by atoms with E-state index in [-0.39, 0.29) is 23.4 Å². The summed E-state index contributed by atoms with van der Waals surface area (Å²) >= 11 is 0. The van der Waals surface area contributed by atoms with Gasteiger partial charge in [0.15, 0.2) is 5.58 Å². The van der Waals surface area contributed by atoms with Crippen molar-refractivity contribution >= 4 is 22.6 Å². The van der Waals surface area contributed by atoms with Crippen LogP contribution in [0.1, 0.15) is 21.6 Å². The molecule has 1 aromatic carbocycles. The van der Waals surface area contributed by atoms with Crippen LogP contribution in [-0.2, 0) is 6.61 Å². The van der Waals surface area contributed by atoms with Crippen molar-refractivity contribution < 1.29 is 18.7 Å². The van der Waals surface area contributed by atoms with Gasteiger partial charge in [0.1, 0.15) is 11.4 Å². The summed E-state index contributed by atoms with van der Waals surface area (Å²) in [5.74, 6) is -1.08. The van der Waals surface area contributed by atoms with Crippen molar-refractivity contribution in [2.24, 2.45) is 0 Å². The number of carbonyl (C=O) groups excluding carboxylic acids is 1. The quantitative estimate of drug-likeness (QED) is 0.688. The van der Waals surface area contributed by atoms with Crippen molar-refractivity contribution in [3.63, 3.8) is 0 Å². The topological polar surface area (TPSA) is 99.2 Å². The first kappa shape index (κ1) is 15.8. The summed E-state index contributed by atoms with van der Waals surface area (Å²) in [5.41, 5.74) is 1.29.